The SMILES string of the molecule is FC(F)(F)c1nc(-c2c(Cl)ccc(Cl)c2Cl)n[nH]1. The largest absolute Gasteiger partial charge is 0.451 e. The van der Waals surface area contributed by atoms with Gasteiger partial charge in [0.1, 0.15) is 0 Å². The molecular weight excluding hydrogens is 313 g/mol. The maximum absolute atomic E-state index is 12.4. The maximum atomic E-state index is 12.4. The van der Waals surface area contributed by atoms with E-state index < -0.39 is 12.0 Å². The zero-order chi connectivity index (χ0) is 13.5. The van der Waals surface area contributed by atoms with Crippen LogP contribution in [0, 0.1) is 0 Å². The highest BCUT2D eigenvalue weighted by Gasteiger charge is 2.35. The van der Waals surface area contributed by atoms with E-state index in [4.69, 9.17) is 34.8 Å². The van der Waals surface area contributed by atoms with Gasteiger partial charge in [-0.25, -0.2) is 4.98 Å². The van der Waals surface area contributed by atoms with Gasteiger partial charge in [-0.15, -0.1) is 0 Å². The number of hydrogen-bond donors (Lipinski definition) is 1. The summed E-state index contributed by atoms with van der Waals surface area (Å²) >= 11 is 17.5. The third kappa shape index (κ3) is 2.41. The van der Waals surface area contributed by atoms with Crippen LogP contribution in [0.4, 0.5) is 13.2 Å². The van der Waals surface area contributed by atoms with Gasteiger partial charge in [-0.3, -0.25) is 5.10 Å². The smallest absolute Gasteiger partial charge is 0.255 e. The van der Waals surface area contributed by atoms with E-state index in [2.05, 4.69) is 10.1 Å². The summed E-state index contributed by atoms with van der Waals surface area (Å²) in [6, 6.07) is 2.82. The van der Waals surface area contributed by atoms with Crippen LogP contribution in [0.15, 0.2) is 12.1 Å². The Morgan fingerprint density at radius 3 is 2.22 bits per heavy atom. The van der Waals surface area contributed by atoms with E-state index >= 15 is 0 Å². The van der Waals surface area contributed by atoms with Crippen LogP contribution in [-0.4, -0.2) is 15.2 Å². The Balaban J connectivity index is 2.57. The van der Waals surface area contributed by atoms with Gasteiger partial charge in [0.05, 0.1) is 20.6 Å². The Morgan fingerprint density at radius 1 is 1.06 bits per heavy atom. The molecule has 1 aromatic carbocycles. The fraction of sp³-hybridized carbons (Fsp3) is 0.111. The van der Waals surface area contributed by atoms with Crippen LogP contribution in [0.3, 0.4) is 0 Å². The molecule has 1 heterocycles. The van der Waals surface area contributed by atoms with E-state index in [9.17, 15) is 13.2 Å². The molecule has 1 aromatic heterocycles. The maximum Gasteiger partial charge on any atom is 0.451 e. The molecule has 0 fully saturated rings. The van der Waals surface area contributed by atoms with E-state index in [-0.39, 0.29) is 26.5 Å². The summed E-state index contributed by atoms with van der Waals surface area (Å²) in [6.07, 6.45) is -4.62. The first-order valence-electron chi connectivity index (χ1n) is 4.44. The lowest BCUT2D eigenvalue weighted by Crippen LogP contribution is -2.07. The zero-order valence-electron chi connectivity index (χ0n) is 8.32. The van der Waals surface area contributed by atoms with Crippen LogP contribution >= 0.6 is 34.8 Å². The number of nitrogens with zero attached hydrogens (tertiary/aromatic N) is 2. The van der Waals surface area contributed by atoms with Crippen LogP contribution in [0.1, 0.15) is 5.82 Å². The Kier molecular flexibility index (Phi) is 3.44. The van der Waals surface area contributed by atoms with Gasteiger partial charge in [0.25, 0.3) is 0 Å². The highest BCUT2D eigenvalue weighted by molar-refractivity contribution is 6.45. The molecule has 1 N–H and O–H groups in total. The average molecular weight is 316 g/mol. The van der Waals surface area contributed by atoms with Gasteiger partial charge in [0, 0.05) is 0 Å². The van der Waals surface area contributed by atoms with Crippen molar-refractivity contribution >= 4 is 34.8 Å². The van der Waals surface area contributed by atoms with Crippen LogP contribution in [-0.2, 0) is 6.18 Å². The zero-order valence-corrected chi connectivity index (χ0v) is 10.6. The molecule has 0 saturated heterocycles. The predicted octanol–water partition coefficient (Wildman–Crippen LogP) is 4.45. The summed E-state index contributed by atoms with van der Waals surface area (Å²) in [4.78, 5) is 3.30. The molecule has 3 nitrogen and oxygen atoms in total. The summed E-state index contributed by atoms with van der Waals surface area (Å²) in [5, 5.41) is 5.46. The molecule has 0 aliphatic heterocycles. The van der Waals surface area contributed by atoms with Crippen molar-refractivity contribution in [2.75, 3.05) is 0 Å². The first kappa shape index (κ1) is 13.5. The Hall–Kier alpha value is -0.980. The molecule has 0 saturated carbocycles. The molecule has 0 amide bonds. The van der Waals surface area contributed by atoms with E-state index in [1.807, 2.05) is 0 Å². The van der Waals surface area contributed by atoms with Crippen LogP contribution in [0.2, 0.25) is 15.1 Å². The number of hydrogen-bond acceptors (Lipinski definition) is 2. The van der Waals surface area contributed by atoms with E-state index in [1.165, 1.54) is 12.1 Å². The molecule has 0 aliphatic carbocycles. The minimum Gasteiger partial charge on any atom is -0.255 e. The molecule has 96 valence electrons. The lowest BCUT2D eigenvalue weighted by molar-refractivity contribution is -0.144. The number of rotatable bonds is 1. The number of alkyl halides is 3. The fourth-order valence-electron chi connectivity index (χ4n) is 1.23. The second kappa shape index (κ2) is 4.60. The number of aromatic amines is 1. The second-order valence-corrected chi connectivity index (χ2v) is 4.42. The average Bonchev–Trinajstić information content (AvgIpc) is 2.73. The van der Waals surface area contributed by atoms with Gasteiger partial charge in [0.15, 0.2) is 5.82 Å². The molecular formula is C9H3Cl3F3N3. The van der Waals surface area contributed by atoms with Crippen molar-refractivity contribution in [3.8, 4) is 11.4 Å². The molecule has 0 radical (unpaired) electrons. The number of benzene rings is 1. The first-order valence-corrected chi connectivity index (χ1v) is 5.57. The van der Waals surface area contributed by atoms with Gasteiger partial charge < -0.3 is 0 Å². The lowest BCUT2D eigenvalue weighted by Gasteiger charge is -2.04. The van der Waals surface area contributed by atoms with Crippen molar-refractivity contribution in [1.29, 1.82) is 0 Å². The molecule has 9 heteroatoms. The monoisotopic (exact) mass is 315 g/mol. The first-order chi connectivity index (χ1) is 8.30. The van der Waals surface area contributed by atoms with Crippen molar-refractivity contribution < 1.29 is 13.2 Å². The topological polar surface area (TPSA) is 41.6 Å². The van der Waals surface area contributed by atoms with Crippen molar-refractivity contribution in [3.63, 3.8) is 0 Å². The highest BCUT2D eigenvalue weighted by Crippen LogP contribution is 2.38. The Morgan fingerprint density at radius 2 is 1.67 bits per heavy atom. The Labute approximate surface area is 114 Å². The summed E-state index contributed by atoms with van der Waals surface area (Å²) in [5.74, 6) is -1.50. The third-order valence-electron chi connectivity index (χ3n) is 2.02. The molecule has 18 heavy (non-hydrogen) atoms. The minimum absolute atomic E-state index is 0.00288. The molecule has 0 bridgehead atoms. The van der Waals surface area contributed by atoms with Crippen LogP contribution in [0.25, 0.3) is 11.4 Å². The summed E-state index contributed by atoms with van der Waals surface area (Å²) in [5.41, 5.74) is 0.0533. The van der Waals surface area contributed by atoms with Crippen molar-refractivity contribution in [2.45, 2.75) is 6.18 Å². The number of H-pyrrole nitrogens is 1. The number of aromatic nitrogens is 3. The summed E-state index contributed by atoms with van der Waals surface area (Å²) < 4.78 is 37.1. The fourth-order valence-corrected chi connectivity index (χ4v) is 1.93. The number of halogens is 6. The lowest BCUT2D eigenvalue weighted by atomic mass is 10.2. The van der Waals surface area contributed by atoms with Crippen molar-refractivity contribution in [2.24, 2.45) is 0 Å². The van der Waals surface area contributed by atoms with Gasteiger partial charge >= 0.3 is 6.18 Å². The predicted molar refractivity (Wildman–Crippen MR) is 61.9 cm³/mol. The standard InChI is InChI=1S/C9H3Cl3F3N3/c10-3-1-2-4(11)6(12)5(3)7-16-8(18-17-7)9(13,14)15/h1-2H,(H,16,17,18). The minimum atomic E-state index is -4.62. The molecule has 0 atom stereocenters. The van der Waals surface area contributed by atoms with Crippen molar-refractivity contribution in [3.05, 3.63) is 33.0 Å². The van der Waals surface area contributed by atoms with Crippen molar-refractivity contribution in [1.82, 2.24) is 15.2 Å². The molecule has 2 aromatic rings. The third-order valence-corrected chi connectivity index (χ3v) is 3.14. The van der Waals surface area contributed by atoms with Gasteiger partial charge in [-0.1, -0.05) is 34.8 Å². The highest BCUT2D eigenvalue weighted by atomic mass is 35.5. The van der Waals surface area contributed by atoms with E-state index in [0.29, 0.717) is 0 Å². The quantitative estimate of drug-likeness (QED) is 0.790. The normalized spacial score (nSPS) is 11.9. The molecule has 2 rings (SSSR count). The second-order valence-electron chi connectivity index (χ2n) is 3.22. The molecule has 0 spiro atoms. The molecule has 0 unspecified atom stereocenters. The van der Waals surface area contributed by atoms with E-state index in [1.54, 1.807) is 5.10 Å². The summed E-state index contributed by atoms with van der Waals surface area (Å²) in [6.45, 7) is 0. The van der Waals surface area contributed by atoms with E-state index in [0.717, 1.165) is 0 Å². The Bertz CT molecular complexity index is 594. The van der Waals surface area contributed by atoms with Gasteiger partial charge in [-0.2, -0.15) is 18.3 Å². The van der Waals surface area contributed by atoms with Crippen LogP contribution < -0.4 is 0 Å². The van der Waals surface area contributed by atoms with Gasteiger partial charge in [0.2, 0.25) is 5.82 Å². The molecule has 0 aliphatic rings. The van der Waals surface area contributed by atoms with Crippen LogP contribution in [0.5, 0.6) is 0 Å². The van der Waals surface area contributed by atoms with Gasteiger partial charge in [-0.05, 0) is 12.1 Å². The summed E-state index contributed by atoms with van der Waals surface area (Å²) in [7, 11) is 0. The number of nitrogens with one attached hydrogen (secondary N) is 1.